The van der Waals surface area contributed by atoms with Crippen molar-refractivity contribution in [3.63, 3.8) is 0 Å². The molecule has 2 saturated heterocycles. The Labute approximate surface area is 205 Å². The Kier molecular flexibility index (Phi) is 4.58. The van der Waals surface area contributed by atoms with E-state index in [1.807, 2.05) is 0 Å². The van der Waals surface area contributed by atoms with Gasteiger partial charge in [0, 0.05) is 48.2 Å². The summed E-state index contributed by atoms with van der Waals surface area (Å²) < 4.78 is 75.2. The number of nitrogens with zero attached hydrogens (tertiary/aromatic N) is 2. The van der Waals surface area contributed by atoms with Gasteiger partial charge in [0.2, 0.25) is 11.8 Å². The van der Waals surface area contributed by atoms with Crippen LogP contribution in [0.2, 0.25) is 0 Å². The second-order valence-electron chi connectivity index (χ2n) is 8.11. The van der Waals surface area contributed by atoms with E-state index in [1.54, 1.807) is 11.4 Å². The lowest BCUT2D eigenvalue weighted by Gasteiger charge is -2.29. The van der Waals surface area contributed by atoms with Crippen LogP contribution in [0.4, 0.5) is 4.39 Å². The van der Waals surface area contributed by atoms with Gasteiger partial charge in [0.15, 0.2) is 0 Å². The number of benzene rings is 2. The molecule has 2 fully saturated rings. The molecule has 1 unspecified atom stereocenters. The predicted octanol–water partition coefficient (Wildman–Crippen LogP) is 2.00. The molecule has 2 aromatic rings. The highest BCUT2D eigenvalue weighted by atomic mass is 19.1. The first-order valence-electron chi connectivity index (χ1n) is 13.8. The van der Waals surface area contributed by atoms with E-state index in [0.29, 0.717) is 38.4 Å². The third-order valence-electron chi connectivity index (χ3n) is 5.88. The number of nitrogens with one attached hydrogen (secondary N) is 1. The van der Waals surface area contributed by atoms with Crippen molar-refractivity contribution in [1.29, 1.82) is 0 Å². The molecule has 0 saturated carbocycles. The van der Waals surface area contributed by atoms with Crippen molar-refractivity contribution in [3.8, 4) is 5.75 Å². The summed E-state index contributed by atoms with van der Waals surface area (Å²) in [6, 6.07) is 6.25. The van der Waals surface area contributed by atoms with Crippen LogP contribution in [0.3, 0.4) is 0 Å². The Morgan fingerprint density at radius 1 is 1.21 bits per heavy atom. The molecule has 5 rings (SSSR count). The molecular weight excluding hydrogens is 441 g/mol. The second kappa shape index (κ2) is 9.52. The van der Waals surface area contributed by atoms with Crippen LogP contribution >= 0.6 is 0 Å². The Balaban J connectivity index is 1.42. The summed E-state index contributed by atoms with van der Waals surface area (Å²) in [5.41, 5.74) is 0.407. The normalized spacial score (nSPS) is 26.9. The van der Waals surface area contributed by atoms with Gasteiger partial charge >= 0.3 is 0 Å². The molecular formula is C25H26FN3O5. The van der Waals surface area contributed by atoms with Crippen molar-refractivity contribution in [2.45, 2.75) is 38.4 Å². The van der Waals surface area contributed by atoms with E-state index in [1.165, 1.54) is 24.3 Å². The fourth-order valence-electron chi connectivity index (χ4n) is 4.14. The number of imide groups is 1. The van der Waals surface area contributed by atoms with E-state index >= 15 is 0 Å². The molecule has 8 nitrogen and oxygen atoms in total. The van der Waals surface area contributed by atoms with Gasteiger partial charge in [0.05, 0.1) is 22.5 Å². The lowest BCUT2D eigenvalue weighted by Crippen LogP contribution is -2.52. The lowest BCUT2D eigenvalue weighted by atomic mass is 10.0. The molecule has 0 bridgehead atoms. The average molecular weight is 474 g/mol. The zero-order chi connectivity index (χ0) is 29.0. The highest BCUT2D eigenvalue weighted by Crippen LogP contribution is 2.34. The van der Waals surface area contributed by atoms with Crippen LogP contribution in [0.1, 0.15) is 48.0 Å². The first kappa shape index (κ1) is 16.3. The van der Waals surface area contributed by atoms with E-state index < -0.39 is 55.4 Å². The van der Waals surface area contributed by atoms with Crippen LogP contribution in [-0.2, 0) is 34.0 Å². The Bertz CT molecular complexity index is 1380. The van der Waals surface area contributed by atoms with Gasteiger partial charge in [-0.2, -0.15) is 0 Å². The zero-order valence-electron chi connectivity index (χ0n) is 24.1. The molecule has 178 valence electrons. The molecule has 3 aliphatic heterocycles. The molecule has 3 amide bonds. The van der Waals surface area contributed by atoms with E-state index in [2.05, 4.69) is 4.90 Å². The summed E-state index contributed by atoms with van der Waals surface area (Å²) in [5, 5.41) is 1.78. The molecule has 3 aliphatic rings. The van der Waals surface area contributed by atoms with Crippen LogP contribution in [0.5, 0.6) is 5.75 Å². The molecule has 9 heteroatoms. The molecule has 2 aromatic carbocycles. The SMILES string of the molecule is [2H]C([2H])(Oc1cccc2c1CN(C1C(=O)NC(=O)C([2H])([2H])C1([2H])[2H])C2=O)c1cc(CN2CCOCC2)ccc1F. The minimum atomic E-state index is -3.11. The standard InChI is InChI=1S/C25H26FN3O5/c26-20-5-4-16(13-28-8-10-33-11-9-28)12-17(20)15-34-22-3-1-2-18-19(22)14-29(25(18)32)21-6-7-23(30)27-24(21)31/h1-5,12,21H,6-11,13-15H2,(H,27,30,31)/i6D2,7D2,15D2. The van der Waals surface area contributed by atoms with Crippen molar-refractivity contribution >= 4 is 17.7 Å². The van der Waals surface area contributed by atoms with Crippen LogP contribution in [-0.4, -0.2) is 59.9 Å². The molecule has 1 atom stereocenters. The van der Waals surface area contributed by atoms with Gasteiger partial charge in [0.1, 0.15) is 24.2 Å². The number of carbonyl (C=O) groups excluding carboxylic acids is 3. The number of hydrogen-bond acceptors (Lipinski definition) is 6. The fourth-order valence-corrected chi connectivity index (χ4v) is 4.14. The first-order valence-corrected chi connectivity index (χ1v) is 10.8. The molecule has 0 spiro atoms. The fraction of sp³-hybridized carbons (Fsp3) is 0.400. The molecule has 1 N–H and O–H groups in total. The highest BCUT2D eigenvalue weighted by molar-refractivity contribution is 6.05. The number of morpholine rings is 1. The quantitative estimate of drug-likeness (QED) is 0.646. The van der Waals surface area contributed by atoms with E-state index in [9.17, 15) is 18.8 Å². The molecule has 3 heterocycles. The number of ether oxygens (including phenoxy) is 2. The van der Waals surface area contributed by atoms with Crippen molar-refractivity contribution < 1.29 is 36.5 Å². The van der Waals surface area contributed by atoms with E-state index in [0.717, 1.165) is 11.0 Å². The van der Waals surface area contributed by atoms with Gasteiger partial charge in [-0.25, -0.2) is 4.39 Å². The molecule has 0 aliphatic carbocycles. The number of halogens is 1. The highest BCUT2D eigenvalue weighted by Gasteiger charge is 2.40. The van der Waals surface area contributed by atoms with Crippen molar-refractivity contribution in [1.82, 2.24) is 15.1 Å². The van der Waals surface area contributed by atoms with Crippen LogP contribution in [0.15, 0.2) is 36.4 Å². The first-order chi connectivity index (χ1) is 18.7. The maximum absolute atomic E-state index is 14.9. The minimum Gasteiger partial charge on any atom is -0.488 e. The van der Waals surface area contributed by atoms with Gasteiger partial charge < -0.3 is 14.4 Å². The number of amides is 3. The zero-order valence-corrected chi connectivity index (χ0v) is 18.1. The number of rotatable bonds is 6. The monoisotopic (exact) mass is 473 g/mol. The summed E-state index contributed by atoms with van der Waals surface area (Å²) in [4.78, 5) is 40.7. The Morgan fingerprint density at radius 2 is 2.03 bits per heavy atom. The van der Waals surface area contributed by atoms with Crippen LogP contribution in [0.25, 0.3) is 0 Å². The summed E-state index contributed by atoms with van der Waals surface area (Å²) in [6.07, 6.45) is -6.18. The largest absolute Gasteiger partial charge is 0.488 e. The number of fused-ring (bicyclic) bond motifs is 1. The third kappa shape index (κ3) is 4.53. The van der Waals surface area contributed by atoms with Gasteiger partial charge in [-0.15, -0.1) is 0 Å². The van der Waals surface area contributed by atoms with Gasteiger partial charge in [-0.05, 0) is 36.2 Å². The molecule has 0 radical (unpaired) electrons. The number of hydrogen-bond donors (Lipinski definition) is 1. The Morgan fingerprint density at radius 3 is 2.85 bits per heavy atom. The van der Waals surface area contributed by atoms with Crippen LogP contribution in [0, 0.1) is 5.82 Å². The van der Waals surface area contributed by atoms with Gasteiger partial charge in [-0.1, -0.05) is 12.1 Å². The van der Waals surface area contributed by atoms with Crippen LogP contribution < -0.4 is 10.1 Å². The number of carbonyl (C=O) groups is 3. The maximum atomic E-state index is 14.9. The van der Waals surface area contributed by atoms with Crippen molar-refractivity contribution in [3.05, 3.63) is 64.5 Å². The third-order valence-corrected chi connectivity index (χ3v) is 5.88. The van der Waals surface area contributed by atoms with Gasteiger partial charge in [0.25, 0.3) is 5.91 Å². The average Bonchev–Trinajstić information content (AvgIpc) is 3.21. The van der Waals surface area contributed by atoms with E-state index in [4.69, 9.17) is 17.7 Å². The summed E-state index contributed by atoms with van der Waals surface area (Å²) in [5.74, 6) is -4.41. The topological polar surface area (TPSA) is 88.2 Å². The minimum absolute atomic E-state index is 0.0177. The smallest absolute Gasteiger partial charge is 0.255 e. The number of piperidine rings is 1. The van der Waals surface area contributed by atoms with Crippen molar-refractivity contribution in [2.75, 3.05) is 26.3 Å². The predicted molar refractivity (Wildman–Crippen MR) is 119 cm³/mol. The summed E-state index contributed by atoms with van der Waals surface area (Å²) in [6.45, 7) is -0.153. The molecule has 34 heavy (non-hydrogen) atoms. The lowest BCUT2D eigenvalue weighted by molar-refractivity contribution is -0.136. The Hall–Kier alpha value is -3.30. The summed E-state index contributed by atoms with van der Waals surface area (Å²) >= 11 is 0. The second-order valence-corrected chi connectivity index (χ2v) is 8.11. The van der Waals surface area contributed by atoms with Gasteiger partial charge in [-0.3, -0.25) is 24.6 Å². The molecule has 0 aromatic heterocycles. The van der Waals surface area contributed by atoms with E-state index in [-0.39, 0.29) is 22.4 Å². The maximum Gasteiger partial charge on any atom is 0.255 e. The summed E-state index contributed by atoms with van der Waals surface area (Å²) in [7, 11) is 0. The van der Waals surface area contributed by atoms with Crippen molar-refractivity contribution in [2.24, 2.45) is 0 Å².